The topological polar surface area (TPSA) is 102 Å². The van der Waals surface area contributed by atoms with Gasteiger partial charge in [0.2, 0.25) is 10.0 Å². The lowest BCUT2D eigenvalue weighted by Crippen LogP contribution is -2.38. The van der Waals surface area contributed by atoms with Gasteiger partial charge < -0.3 is 14.6 Å². The molecule has 1 heterocycles. The highest BCUT2D eigenvalue weighted by Crippen LogP contribution is 2.41. The number of sulfonamides is 1. The fraction of sp³-hybridized carbons (Fsp3) is 0.316. The Hall–Kier alpha value is -2.29. The van der Waals surface area contributed by atoms with Gasteiger partial charge >= 0.3 is 5.97 Å². The maximum absolute atomic E-state index is 12.7. The number of carboxylic acids is 1. The first kappa shape index (κ1) is 20.4. The molecule has 0 radical (unpaired) electrons. The van der Waals surface area contributed by atoms with Crippen LogP contribution in [0.4, 0.5) is 0 Å². The zero-order valence-corrected chi connectivity index (χ0v) is 16.9. The number of rotatable bonds is 6. The van der Waals surface area contributed by atoms with Crippen molar-refractivity contribution in [3.05, 3.63) is 53.1 Å². The highest BCUT2D eigenvalue weighted by molar-refractivity contribution is 7.89. The maximum Gasteiger partial charge on any atom is 0.347 e. The zero-order valence-electron chi connectivity index (χ0n) is 15.3. The number of halogens is 1. The van der Waals surface area contributed by atoms with Crippen molar-refractivity contribution >= 4 is 27.6 Å². The predicted molar refractivity (Wildman–Crippen MR) is 103 cm³/mol. The van der Waals surface area contributed by atoms with Crippen LogP contribution in [0, 0.1) is 0 Å². The summed E-state index contributed by atoms with van der Waals surface area (Å²) in [6.45, 7) is 3.12. The molecule has 7 nitrogen and oxygen atoms in total. The van der Waals surface area contributed by atoms with Gasteiger partial charge in [-0.3, -0.25) is 0 Å². The van der Waals surface area contributed by atoms with Gasteiger partial charge in [-0.2, -0.15) is 0 Å². The highest BCUT2D eigenvalue weighted by atomic mass is 35.5. The Bertz CT molecular complexity index is 988. The Kier molecular flexibility index (Phi) is 5.56. The summed E-state index contributed by atoms with van der Waals surface area (Å²) in [5.41, 5.74) is -0.878. The molecule has 1 unspecified atom stereocenters. The number of carbonyl (C=O) groups is 1. The third-order valence-electron chi connectivity index (χ3n) is 4.34. The molecule has 1 atom stereocenters. The molecule has 0 saturated heterocycles. The quantitative estimate of drug-likeness (QED) is 0.735. The number of para-hydroxylation sites is 1. The highest BCUT2D eigenvalue weighted by Gasteiger charge is 2.33. The maximum atomic E-state index is 12.7. The molecule has 2 aromatic rings. The molecular weight excluding hydrogens is 406 g/mol. The number of ether oxygens (including phenoxy) is 2. The van der Waals surface area contributed by atoms with E-state index in [0.29, 0.717) is 22.8 Å². The van der Waals surface area contributed by atoms with Crippen LogP contribution in [0.5, 0.6) is 11.5 Å². The Morgan fingerprint density at radius 3 is 2.57 bits per heavy atom. The molecule has 0 aliphatic carbocycles. The Morgan fingerprint density at radius 2 is 1.93 bits per heavy atom. The van der Waals surface area contributed by atoms with Gasteiger partial charge in [0.15, 0.2) is 17.1 Å². The molecule has 2 aromatic carbocycles. The SMILES string of the molecule is CC(C)(Oc1cccc2c1OCCC2NS(=O)(=O)c1ccc(Cl)cc1)C(=O)O. The summed E-state index contributed by atoms with van der Waals surface area (Å²) in [7, 11) is -3.78. The number of hydrogen-bond donors (Lipinski definition) is 2. The van der Waals surface area contributed by atoms with Gasteiger partial charge in [-0.25, -0.2) is 17.9 Å². The summed E-state index contributed by atoms with van der Waals surface area (Å²) in [6, 6.07) is 10.3. The minimum Gasteiger partial charge on any atom is -0.489 e. The van der Waals surface area contributed by atoms with E-state index in [1.54, 1.807) is 18.2 Å². The third kappa shape index (κ3) is 4.24. The van der Waals surface area contributed by atoms with Crippen molar-refractivity contribution in [3.8, 4) is 11.5 Å². The van der Waals surface area contributed by atoms with Crippen molar-refractivity contribution in [2.75, 3.05) is 6.61 Å². The molecule has 150 valence electrons. The molecule has 9 heteroatoms. The third-order valence-corrected chi connectivity index (χ3v) is 6.08. The van der Waals surface area contributed by atoms with Crippen LogP contribution in [-0.4, -0.2) is 31.7 Å². The van der Waals surface area contributed by atoms with E-state index in [-0.39, 0.29) is 17.3 Å². The number of nitrogens with one attached hydrogen (secondary N) is 1. The van der Waals surface area contributed by atoms with E-state index < -0.39 is 27.6 Å². The van der Waals surface area contributed by atoms with Crippen LogP contribution in [0.2, 0.25) is 5.02 Å². The molecule has 0 fully saturated rings. The summed E-state index contributed by atoms with van der Waals surface area (Å²) >= 11 is 5.83. The number of fused-ring (bicyclic) bond motifs is 1. The van der Waals surface area contributed by atoms with Crippen LogP contribution >= 0.6 is 11.6 Å². The summed E-state index contributed by atoms with van der Waals surface area (Å²) in [5.74, 6) is -0.534. The second kappa shape index (κ2) is 7.62. The van der Waals surface area contributed by atoms with E-state index in [1.165, 1.54) is 38.1 Å². The van der Waals surface area contributed by atoms with Crippen LogP contribution in [0.3, 0.4) is 0 Å². The summed E-state index contributed by atoms with van der Waals surface area (Å²) < 4.78 is 39.4. The van der Waals surface area contributed by atoms with Crippen LogP contribution in [0.15, 0.2) is 47.4 Å². The minimum atomic E-state index is -3.78. The van der Waals surface area contributed by atoms with Crippen molar-refractivity contribution in [1.82, 2.24) is 4.72 Å². The molecule has 0 bridgehead atoms. The average molecular weight is 426 g/mol. The molecule has 1 aliphatic heterocycles. The average Bonchev–Trinajstić information content (AvgIpc) is 2.62. The minimum absolute atomic E-state index is 0.101. The fourth-order valence-corrected chi connectivity index (χ4v) is 4.16. The second-order valence-corrected chi connectivity index (χ2v) is 9.01. The molecule has 0 aromatic heterocycles. The number of aliphatic carboxylic acids is 1. The van der Waals surface area contributed by atoms with Gasteiger partial charge in [0.25, 0.3) is 0 Å². The largest absolute Gasteiger partial charge is 0.489 e. The van der Waals surface area contributed by atoms with E-state index in [4.69, 9.17) is 21.1 Å². The van der Waals surface area contributed by atoms with E-state index in [0.717, 1.165) is 0 Å². The van der Waals surface area contributed by atoms with Gasteiger partial charge in [-0.15, -0.1) is 0 Å². The van der Waals surface area contributed by atoms with E-state index >= 15 is 0 Å². The lowest BCUT2D eigenvalue weighted by Gasteiger charge is -2.30. The first-order valence-electron chi connectivity index (χ1n) is 8.56. The molecule has 28 heavy (non-hydrogen) atoms. The van der Waals surface area contributed by atoms with Crippen molar-refractivity contribution in [3.63, 3.8) is 0 Å². The van der Waals surface area contributed by atoms with Gasteiger partial charge in [0.1, 0.15) is 0 Å². The molecule has 0 amide bonds. The lowest BCUT2D eigenvalue weighted by molar-refractivity contribution is -0.152. The van der Waals surface area contributed by atoms with Crippen LogP contribution < -0.4 is 14.2 Å². The van der Waals surface area contributed by atoms with Crippen molar-refractivity contribution < 1.29 is 27.8 Å². The number of carboxylic acid groups (broad SMARTS) is 1. The van der Waals surface area contributed by atoms with Crippen molar-refractivity contribution in [1.29, 1.82) is 0 Å². The van der Waals surface area contributed by atoms with Crippen LogP contribution in [0.25, 0.3) is 0 Å². The standard InChI is InChI=1S/C19H20ClNO6S/c1-19(2,18(22)23)27-16-5-3-4-14-15(10-11-26-17(14)16)21-28(24,25)13-8-6-12(20)7-9-13/h3-9,15,21H,10-11H2,1-2H3,(H,22,23). The molecule has 1 aliphatic rings. The van der Waals surface area contributed by atoms with E-state index in [9.17, 15) is 18.3 Å². The van der Waals surface area contributed by atoms with Crippen LogP contribution in [-0.2, 0) is 14.8 Å². The Balaban J connectivity index is 1.91. The smallest absolute Gasteiger partial charge is 0.347 e. The number of hydrogen-bond acceptors (Lipinski definition) is 5. The summed E-state index contributed by atoms with van der Waals surface area (Å²) in [5, 5.41) is 9.73. The van der Waals surface area contributed by atoms with Gasteiger partial charge in [0.05, 0.1) is 17.5 Å². The molecule has 3 rings (SSSR count). The van der Waals surface area contributed by atoms with Gasteiger partial charge in [-0.05, 0) is 44.2 Å². The van der Waals surface area contributed by atoms with Crippen molar-refractivity contribution in [2.24, 2.45) is 0 Å². The van der Waals surface area contributed by atoms with E-state index in [1.807, 2.05) is 0 Å². The second-order valence-electron chi connectivity index (χ2n) is 6.86. The normalized spacial score (nSPS) is 16.8. The summed E-state index contributed by atoms with van der Waals surface area (Å²) in [4.78, 5) is 11.5. The predicted octanol–water partition coefficient (Wildman–Crippen LogP) is 3.38. The van der Waals surface area contributed by atoms with Crippen LogP contribution in [0.1, 0.15) is 31.9 Å². The van der Waals surface area contributed by atoms with Crippen molar-refractivity contribution in [2.45, 2.75) is 36.8 Å². The van der Waals surface area contributed by atoms with E-state index in [2.05, 4.69) is 4.72 Å². The first-order valence-corrected chi connectivity index (χ1v) is 10.4. The Morgan fingerprint density at radius 1 is 1.25 bits per heavy atom. The number of benzene rings is 2. The molecule has 0 saturated carbocycles. The fourth-order valence-electron chi connectivity index (χ4n) is 2.79. The first-order chi connectivity index (χ1) is 13.1. The molecule has 0 spiro atoms. The van der Waals surface area contributed by atoms with Gasteiger partial charge in [0, 0.05) is 17.0 Å². The van der Waals surface area contributed by atoms with Gasteiger partial charge in [-0.1, -0.05) is 23.7 Å². The molecular formula is C19H20ClNO6S. The summed E-state index contributed by atoms with van der Waals surface area (Å²) in [6.07, 6.45) is 0.422. The zero-order chi connectivity index (χ0) is 20.5. The monoisotopic (exact) mass is 425 g/mol. The lowest BCUT2D eigenvalue weighted by atomic mass is 10.0. The Labute approximate surface area is 168 Å². The molecule has 2 N–H and O–H groups in total.